The first kappa shape index (κ1) is 26.9. The van der Waals surface area contributed by atoms with E-state index >= 15 is 0 Å². The highest BCUT2D eigenvalue weighted by Gasteiger charge is 2.14. The molecule has 7 aromatic carbocycles. The van der Waals surface area contributed by atoms with Crippen molar-refractivity contribution >= 4 is 33.1 Å². The number of rotatable bonds is 5. The first-order chi connectivity index (χ1) is 22.2. The lowest BCUT2D eigenvalue weighted by atomic mass is 9.95. The minimum absolute atomic E-state index is 0.163. The maximum absolute atomic E-state index is 6.55. The van der Waals surface area contributed by atoms with E-state index in [0.717, 1.165) is 44.2 Å². The van der Waals surface area contributed by atoms with E-state index in [2.05, 4.69) is 131 Å². The Bertz CT molecular complexity index is 2330. The summed E-state index contributed by atoms with van der Waals surface area (Å²) in [5, 5.41) is 4.75. The summed E-state index contributed by atoms with van der Waals surface area (Å²) < 4.78 is 0. The summed E-state index contributed by atoms with van der Waals surface area (Å²) in [6.45, 7) is 0. The normalized spacial score (nSPS) is 11.2. The molecule has 0 saturated carbocycles. The molecule has 0 radical (unpaired) electrons. The molecule has 3 nitrogen and oxygen atoms in total. The molecule has 8 rings (SSSR count). The van der Waals surface area contributed by atoms with Crippen LogP contribution in [0.25, 0.3) is 77.7 Å². The Morgan fingerprint density at radius 3 is 1.56 bits per heavy atom. The van der Waals surface area contributed by atoms with Crippen molar-refractivity contribution < 1.29 is 0 Å². The second kappa shape index (κ2) is 11.5. The topological polar surface area (TPSA) is 38.7 Å². The number of nitrogens with zero attached hydrogens (tertiary/aromatic N) is 3. The van der Waals surface area contributed by atoms with Gasteiger partial charge >= 0.3 is 0 Å². The average molecular weight is 596 g/mol. The van der Waals surface area contributed by atoms with Gasteiger partial charge in [0.2, 0.25) is 5.28 Å². The maximum atomic E-state index is 6.55. The minimum Gasteiger partial charge on any atom is -0.208 e. The molecule has 0 bridgehead atoms. The molecular formula is C41H26ClN3. The summed E-state index contributed by atoms with van der Waals surface area (Å²) in [5.74, 6) is 1.09. The zero-order chi connectivity index (χ0) is 30.2. The summed E-state index contributed by atoms with van der Waals surface area (Å²) in [4.78, 5) is 14.1. The molecule has 0 aliphatic heterocycles. The van der Waals surface area contributed by atoms with Gasteiger partial charge in [-0.15, -0.1) is 0 Å². The Kier molecular flexibility index (Phi) is 6.86. The molecule has 1 aromatic heterocycles. The van der Waals surface area contributed by atoms with E-state index in [0.29, 0.717) is 11.6 Å². The van der Waals surface area contributed by atoms with Crippen LogP contribution in [0.2, 0.25) is 5.28 Å². The fourth-order valence-electron chi connectivity index (χ4n) is 6.05. The zero-order valence-corrected chi connectivity index (χ0v) is 25.0. The molecule has 4 heteroatoms. The van der Waals surface area contributed by atoms with Gasteiger partial charge in [-0.25, -0.2) is 4.98 Å². The van der Waals surface area contributed by atoms with Crippen molar-refractivity contribution in [2.24, 2.45) is 0 Å². The summed E-state index contributed by atoms with van der Waals surface area (Å²) >= 11 is 6.55. The predicted octanol–water partition coefficient (Wildman–Crippen LogP) is 11.2. The Morgan fingerprint density at radius 1 is 0.333 bits per heavy atom. The fourth-order valence-corrected chi connectivity index (χ4v) is 6.21. The first-order valence-corrected chi connectivity index (χ1v) is 15.3. The van der Waals surface area contributed by atoms with Crippen LogP contribution in [-0.4, -0.2) is 15.0 Å². The molecule has 8 aromatic rings. The van der Waals surface area contributed by atoms with Crippen LogP contribution in [0, 0.1) is 0 Å². The van der Waals surface area contributed by atoms with E-state index in [1.54, 1.807) is 0 Å². The third-order valence-corrected chi connectivity index (χ3v) is 8.43. The van der Waals surface area contributed by atoms with Crippen molar-refractivity contribution in [3.8, 4) is 56.2 Å². The SMILES string of the molecule is Clc1nc(-c2cccc(-c3ccc4cc(-c5ccccc5)ccc4c3)c2)nc(-c2cccc3c(-c4ccccc4)cccc23)n1. The third kappa shape index (κ3) is 5.24. The van der Waals surface area contributed by atoms with Crippen LogP contribution in [0.1, 0.15) is 0 Å². The van der Waals surface area contributed by atoms with E-state index in [4.69, 9.17) is 16.6 Å². The number of fused-ring (bicyclic) bond motifs is 2. The number of benzene rings is 7. The van der Waals surface area contributed by atoms with E-state index in [9.17, 15) is 0 Å². The molecule has 0 aliphatic carbocycles. The predicted molar refractivity (Wildman–Crippen MR) is 187 cm³/mol. The smallest absolute Gasteiger partial charge is 0.208 e. The lowest BCUT2D eigenvalue weighted by molar-refractivity contribution is 1.07. The first-order valence-electron chi connectivity index (χ1n) is 14.9. The van der Waals surface area contributed by atoms with Crippen LogP contribution >= 0.6 is 11.6 Å². The van der Waals surface area contributed by atoms with Crippen molar-refractivity contribution in [1.82, 2.24) is 15.0 Å². The van der Waals surface area contributed by atoms with Crippen molar-refractivity contribution in [3.63, 3.8) is 0 Å². The summed E-state index contributed by atoms with van der Waals surface area (Å²) in [6.07, 6.45) is 0. The van der Waals surface area contributed by atoms with Gasteiger partial charge in [0, 0.05) is 11.1 Å². The van der Waals surface area contributed by atoms with Crippen LogP contribution in [0.4, 0.5) is 0 Å². The van der Waals surface area contributed by atoms with Gasteiger partial charge < -0.3 is 0 Å². The van der Waals surface area contributed by atoms with Gasteiger partial charge in [-0.3, -0.25) is 0 Å². The number of hydrogen-bond donors (Lipinski definition) is 0. The van der Waals surface area contributed by atoms with E-state index in [1.165, 1.54) is 21.9 Å². The Labute approximate surface area is 266 Å². The molecule has 0 atom stereocenters. The highest BCUT2D eigenvalue weighted by molar-refractivity contribution is 6.28. The average Bonchev–Trinajstić information content (AvgIpc) is 3.11. The van der Waals surface area contributed by atoms with Gasteiger partial charge in [0.05, 0.1) is 0 Å². The highest BCUT2D eigenvalue weighted by Crippen LogP contribution is 2.35. The zero-order valence-electron chi connectivity index (χ0n) is 24.2. The van der Waals surface area contributed by atoms with Gasteiger partial charge in [-0.1, -0.05) is 140 Å². The molecule has 0 saturated heterocycles. The van der Waals surface area contributed by atoms with Crippen LogP contribution in [0.5, 0.6) is 0 Å². The van der Waals surface area contributed by atoms with Gasteiger partial charge in [0.25, 0.3) is 0 Å². The van der Waals surface area contributed by atoms with Gasteiger partial charge in [0.1, 0.15) is 0 Å². The summed E-state index contributed by atoms with van der Waals surface area (Å²) in [6, 6.07) is 54.9. The molecular weight excluding hydrogens is 570 g/mol. The van der Waals surface area contributed by atoms with E-state index in [-0.39, 0.29) is 5.28 Å². The largest absolute Gasteiger partial charge is 0.226 e. The lowest BCUT2D eigenvalue weighted by Gasteiger charge is -2.12. The third-order valence-electron chi connectivity index (χ3n) is 8.26. The molecule has 0 aliphatic rings. The molecule has 1 heterocycles. The second-order valence-corrected chi connectivity index (χ2v) is 11.4. The molecule has 212 valence electrons. The number of aromatic nitrogens is 3. The molecule has 45 heavy (non-hydrogen) atoms. The van der Waals surface area contributed by atoms with Gasteiger partial charge in [0.15, 0.2) is 11.6 Å². The summed E-state index contributed by atoms with van der Waals surface area (Å²) in [5.41, 5.74) is 8.75. The van der Waals surface area contributed by atoms with Gasteiger partial charge in [-0.2, -0.15) is 9.97 Å². The maximum Gasteiger partial charge on any atom is 0.226 e. The van der Waals surface area contributed by atoms with Crippen molar-refractivity contribution in [1.29, 1.82) is 0 Å². The Hall–Kier alpha value is -5.64. The van der Waals surface area contributed by atoms with Crippen LogP contribution < -0.4 is 0 Å². The molecule has 0 spiro atoms. The molecule has 0 N–H and O–H groups in total. The molecule has 0 fully saturated rings. The minimum atomic E-state index is 0.163. The number of hydrogen-bond acceptors (Lipinski definition) is 3. The Balaban J connectivity index is 1.17. The van der Waals surface area contributed by atoms with Crippen LogP contribution in [0.3, 0.4) is 0 Å². The quantitative estimate of drug-likeness (QED) is 0.199. The van der Waals surface area contributed by atoms with Crippen LogP contribution in [0.15, 0.2) is 158 Å². The molecule has 0 amide bonds. The lowest BCUT2D eigenvalue weighted by Crippen LogP contribution is -1.98. The van der Waals surface area contributed by atoms with E-state index < -0.39 is 0 Å². The van der Waals surface area contributed by atoms with Crippen molar-refractivity contribution in [2.75, 3.05) is 0 Å². The Morgan fingerprint density at radius 2 is 0.844 bits per heavy atom. The second-order valence-electron chi connectivity index (χ2n) is 11.0. The standard InChI is InChI=1S/C41H26ClN3/c42-41-44-39(43-40(45-41)38-19-9-17-36-35(16-8-18-37(36)38)28-12-5-2-6-13-28)34-15-7-14-29(26-34)31-22-23-32-24-30(20-21-33(32)25-31)27-10-3-1-4-11-27/h1-26H. The van der Waals surface area contributed by atoms with Gasteiger partial charge in [-0.05, 0) is 84.7 Å². The number of halogens is 1. The monoisotopic (exact) mass is 595 g/mol. The van der Waals surface area contributed by atoms with Crippen molar-refractivity contribution in [2.45, 2.75) is 0 Å². The van der Waals surface area contributed by atoms with Crippen LogP contribution in [-0.2, 0) is 0 Å². The highest BCUT2D eigenvalue weighted by atomic mass is 35.5. The van der Waals surface area contributed by atoms with Crippen molar-refractivity contribution in [3.05, 3.63) is 163 Å². The summed E-state index contributed by atoms with van der Waals surface area (Å²) in [7, 11) is 0. The van der Waals surface area contributed by atoms with E-state index in [1.807, 2.05) is 36.4 Å². The fraction of sp³-hybridized carbons (Fsp3) is 0. The molecule has 0 unspecified atom stereocenters.